The predicted octanol–water partition coefficient (Wildman–Crippen LogP) is 3.11. The largest absolute Gasteiger partial charge is 0.339 e. The van der Waals surface area contributed by atoms with Crippen LogP contribution in [0.2, 0.25) is 0 Å². The van der Waals surface area contributed by atoms with Crippen LogP contribution in [0.3, 0.4) is 0 Å². The first-order valence-electron chi connectivity index (χ1n) is 5.74. The first kappa shape index (κ1) is 13.1. The minimum atomic E-state index is -0.695. The number of hydrogen-bond acceptors (Lipinski definition) is 4. The molecule has 0 N–H and O–H groups in total. The van der Waals surface area contributed by atoms with E-state index < -0.39 is 11.6 Å². The number of nitrogens with zero attached hydrogens (tertiary/aromatic N) is 3. The second kappa shape index (κ2) is 5.57. The summed E-state index contributed by atoms with van der Waals surface area (Å²) < 4.78 is 31.1. The summed E-state index contributed by atoms with van der Waals surface area (Å²) in [5, 5.41) is 12.2. The van der Waals surface area contributed by atoms with E-state index in [-0.39, 0.29) is 17.3 Å². The monoisotopic (exact) mass is 263 g/mol. The molecule has 1 unspecified atom stereocenters. The molecule has 1 aromatic heterocycles. The van der Waals surface area contributed by atoms with Crippen LogP contribution < -0.4 is 0 Å². The maximum absolute atomic E-state index is 13.1. The topological polar surface area (TPSA) is 62.7 Å². The van der Waals surface area contributed by atoms with Gasteiger partial charge in [-0.2, -0.15) is 10.2 Å². The van der Waals surface area contributed by atoms with Gasteiger partial charge in [0.25, 0.3) is 0 Å². The highest BCUT2D eigenvalue weighted by Crippen LogP contribution is 2.20. The van der Waals surface area contributed by atoms with E-state index in [9.17, 15) is 8.78 Å². The molecule has 0 radical (unpaired) electrons. The average Bonchev–Trinajstić information content (AvgIpc) is 2.76. The molecule has 4 nitrogen and oxygen atoms in total. The van der Waals surface area contributed by atoms with Gasteiger partial charge in [0.05, 0.1) is 6.07 Å². The normalized spacial score (nSPS) is 12.1. The van der Waals surface area contributed by atoms with Gasteiger partial charge < -0.3 is 4.52 Å². The van der Waals surface area contributed by atoms with Gasteiger partial charge in [0.2, 0.25) is 11.7 Å². The summed E-state index contributed by atoms with van der Waals surface area (Å²) in [6, 6.07) is 5.10. The molecule has 0 bridgehead atoms. The Hall–Kier alpha value is -2.29. The van der Waals surface area contributed by atoms with E-state index in [0.717, 1.165) is 18.2 Å². The molecule has 0 aliphatic carbocycles. The number of halogens is 2. The Balaban J connectivity index is 2.19. The Kier molecular flexibility index (Phi) is 3.85. The Labute approximate surface area is 108 Å². The zero-order chi connectivity index (χ0) is 13.8. The summed E-state index contributed by atoms with van der Waals surface area (Å²) in [6.07, 6.45) is 0.838. The maximum Gasteiger partial charge on any atom is 0.227 e. The van der Waals surface area contributed by atoms with Gasteiger partial charge in [0.15, 0.2) is 0 Å². The van der Waals surface area contributed by atoms with Crippen LogP contribution in [0.15, 0.2) is 22.7 Å². The first-order valence-corrected chi connectivity index (χ1v) is 5.74. The van der Waals surface area contributed by atoms with Crippen LogP contribution in [0.1, 0.15) is 19.2 Å². The molecule has 0 aliphatic rings. The summed E-state index contributed by atoms with van der Waals surface area (Å²) >= 11 is 0. The smallest absolute Gasteiger partial charge is 0.227 e. The van der Waals surface area contributed by atoms with Crippen LogP contribution in [0, 0.1) is 28.9 Å². The van der Waals surface area contributed by atoms with Crippen LogP contribution in [-0.4, -0.2) is 10.1 Å². The lowest BCUT2D eigenvalue weighted by molar-refractivity contribution is 0.359. The fraction of sp³-hybridized carbons (Fsp3) is 0.308. The zero-order valence-electron chi connectivity index (χ0n) is 10.2. The molecular weight excluding hydrogens is 252 g/mol. The van der Waals surface area contributed by atoms with Crippen molar-refractivity contribution in [2.45, 2.75) is 19.8 Å². The molecule has 19 heavy (non-hydrogen) atoms. The van der Waals surface area contributed by atoms with Gasteiger partial charge in [-0.3, -0.25) is 0 Å². The second-order valence-corrected chi connectivity index (χ2v) is 4.34. The molecule has 0 fully saturated rings. The Morgan fingerprint density at radius 3 is 2.63 bits per heavy atom. The van der Waals surface area contributed by atoms with Gasteiger partial charge >= 0.3 is 0 Å². The van der Waals surface area contributed by atoms with Crippen LogP contribution in [0.25, 0.3) is 11.4 Å². The summed E-state index contributed by atoms with van der Waals surface area (Å²) in [7, 11) is 0. The van der Waals surface area contributed by atoms with Crippen molar-refractivity contribution >= 4 is 0 Å². The highest BCUT2D eigenvalue weighted by Gasteiger charge is 2.13. The summed E-state index contributed by atoms with van der Waals surface area (Å²) in [6.45, 7) is 1.88. The van der Waals surface area contributed by atoms with Crippen molar-refractivity contribution in [2.24, 2.45) is 5.92 Å². The van der Waals surface area contributed by atoms with Crippen molar-refractivity contribution in [1.82, 2.24) is 10.1 Å². The van der Waals surface area contributed by atoms with Crippen molar-refractivity contribution in [3.63, 3.8) is 0 Å². The third kappa shape index (κ3) is 3.35. The number of aromatic nitrogens is 2. The highest BCUT2D eigenvalue weighted by molar-refractivity contribution is 5.54. The molecule has 0 aliphatic heterocycles. The molecule has 2 aromatic rings. The van der Waals surface area contributed by atoms with Crippen molar-refractivity contribution in [3.8, 4) is 17.5 Å². The number of nitriles is 1. The number of rotatable bonds is 4. The predicted molar refractivity (Wildman–Crippen MR) is 62.7 cm³/mol. The lowest BCUT2D eigenvalue weighted by Gasteiger charge is -2.00. The minimum absolute atomic E-state index is 0.0857. The van der Waals surface area contributed by atoms with E-state index in [0.29, 0.717) is 18.7 Å². The molecule has 2 rings (SSSR count). The first-order chi connectivity index (χ1) is 9.08. The Morgan fingerprint density at radius 1 is 1.32 bits per heavy atom. The molecule has 0 saturated heterocycles. The summed E-state index contributed by atoms with van der Waals surface area (Å²) in [4.78, 5) is 4.06. The molecule has 6 heteroatoms. The second-order valence-electron chi connectivity index (χ2n) is 4.34. The van der Waals surface area contributed by atoms with Crippen LogP contribution in [0.4, 0.5) is 8.78 Å². The van der Waals surface area contributed by atoms with E-state index in [2.05, 4.69) is 16.2 Å². The zero-order valence-corrected chi connectivity index (χ0v) is 10.2. The summed E-state index contributed by atoms with van der Waals surface area (Å²) in [5.41, 5.74) is 0.223. The van der Waals surface area contributed by atoms with Gasteiger partial charge in [-0.05, 0) is 18.1 Å². The lowest BCUT2D eigenvalue weighted by Crippen LogP contribution is -1.98. The highest BCUT2D eigenvalue weighted by atomic mass is 19.1. The van der Waals surface area contributed by atoms with Crippen molar-refractivity contribution < 1.29 is 13.3 Å². The summed E-state index contributed by atoms with van der Waals surface area (Å²) in [5.74, 6) is -0.819. The minimum Gasteiger partial charge on any atom is -0.339 e. The van der Waals surface area contributed by atoms with E-state index in [1.54, 1.807) is 0 Å². The van der Waals surface area contributed by atoms with Crippen molar-refractivity contribution in [2.75, 3.05) is 0 Å². The van der Waals surface area contributed by atoms with Crippen molar-refractivity contribution in [1.29, 1.82) is 5.26 Å². The van der Waals surface area contributed by atoms with Crippen LogP contribution in [0.5, 0.6) is 0 Å². The molecule has 0 saturated carbocycles. The van der Waals surface area contributed by atoms with E-state index in [1.165, 1.54) is 0 Å². The van der Waals surface area contributed by atoms with E-state index >= 15 is 0 Å². The average molecular weight is 263 g/mol. The molecule has 0 spiro atoms. The van der Waals surface area contributed by atoms with Gasteiger partial charge in [0, 0.05) is 24.5 Å². The third-order valence-corrected chi connectivity index (χ3v) is 2.55. The lowest BCUT2D eigenvalue weighted by atomic mass is 10.1. The molecule has 1 heterocycles. The molecule has 98 valence electrons. The number of benzene rings is 1. The molecule has 1 atom stereocenters. The van der Waals surface area contributed by atoms with Gasteiger partial charge in [-0.15, -0.1) is 0 Å². The van der Waals surface area contributed by atoms with E-state index in [1.807, 2.05) is 6.92 Å². The molecule has 1 aromatic carbocycles. The fourth-order valence-electron chi connectivity index (χ4n) is 1.66. The molecule has 0 amide bonds. The van der Waals surface area contributed by atoms with Gasteiger partial charge in [-0.25, -0.2) is 8.78 Å². The quantitative estimate of drug-likeness (QED) is 0.850. The Bertz CT molecular complexity index is 598. The standard InChI is InChI=1S/C13H11F2N3O/c1-8(2-3-16)4-12-17-13(18-19-12)9-5-10(14)7-11(15)6-9/h5-8H,2,4H2,1H3. The van der Waals surface area contributed by atoms with Gasteiger partial charge in [0.1, 0.15) is 11.6 Å². The number of hydrogen-bond donors (Lipinski definition) is 0. The van der Waals surface area contributed by atoms with E-state index in [4.69, 9.17) is 9.78 Å². The van der Waals surface area contributed by atoms with Crippen LogP contribution in [-0.2, 0) is 6.42 Å². The Morgan fingerprint density at radius 2 is 2.00 bits per heavy atom. The SMILES string of the molecule is CC(CC#N)Cc1nc(-c2cc(F)cc(F)c2)no1. The third-order valence-electron chi connectivity index (χ3n) is 2.55. The maximum atomic E-state index is 13.1. The molecular formula is C13H11F2N3O. The van der Waals surface area contributed by atoms with Gasteiger partial charge in [-0.1, -0.05) is 12.1 Å². The van der Waals surface area contributed by atoms with Crippen LogP contribution >= 0.6 is 0 Å². The fourth-order valence-corrected chi connectivity index (χ4v) is 1.66. The van der Waals surface area contributed by atoms with Crippen molar-refractivity contribution in [3.05, 3.63) is 35.7 Å².